The molecule has 0 aliphatic carbocycles. The van der Waals surface area contributed by atoms with Gasteiger partial charge in [0, 0.05) is 18.5 Å². The van der Waals surface area contributed by atoms with E-state index in [1.807, 2.05) is 6.92 Å². The predicted octanol–water partition coefficient (Wildman–Crippen LogP) is 3.39. The molecule has 2 aromatic heterocycles. The molecule has 0 radical (unpaired) electrons. The Hall–Kier alpha value is -3.27. The number of anilines is 1. The Kier molecular flexibility index (Phi) is 5.46. The van der Waals surface area contributed by atoms with Gasteiger partial charge < -0.3 is 9.73 Å². The number of benzene rings is 1. The van der Waals surface area contributed by atoms with Crippen molar-refractivity contribution in [2.24, 2.45) is 0 Å². The van der Waals surface area contributed by atoms with Gasteiger partial charge in [-0.1, -0.05) is 11.8 Å². The van der Waals surface area contributed by atoms with E-state index < -0.39 is 10.8 Å². The van der Waals surface area contributed by atoms with Gasteiger partial charge in [0.15, 0.2) is 0 Å². The Morgan fingerprint density at radius 3 is 2.78 bits per heavy atom. The lowest BCUT2D eigenvalue weighted by Gasteiger charge is -2.08. The number of thioether (sulfide) groups is 1. The van der Waals surface area contributed by atoms with Crippen LogP contribution in [0.3, 0.4) is 0 Å². The third-order valence-electron chi connectivity index (χ3n) is 3.72. The number of amides is 1. The van der Waals surface area contributed by atoms with Crippen molar-refractivity contribution in [1.29, 1.82) is 0 Å². The van der Waals surface area contributed by atoms with Crippen LogP contribution in [0.4, 0.5) is 11.4 Å². The Morgan fingerprint density at radius 1 is 1.30 bits per heavy atom. The minimum Gasteiger partial charge on any atom is -0.411 e. The molecule has 0 saturated heterocycles. The van der Waals surface area contributed by atoms with Gasteiger partial charge in [0.05, 0.1) is 16.2 Å². The smallest absolute Gasteiger partial charge is 0.293 e. The lowest BCUT2D eigenvalue weighted by atomic mass is 10.1. The fourth-order valence-electron chi connectivity index (χ4n) is 2.24. The van der Waals surface area contributed by atoms with E-state index in [9.17, 15) is 14.9 Å². The number of nitro benzene ring substituents is 1. The summed E-state index contributed by atoms with van der Waals surface area (Å²) in [4.78, 5) is 26.8. The molecule has 10 heteroatoms. The lowest BCUT2D eigenvalue weighted by molar-refractivity contribution is -0.384. The highest BCUT2D eigenvalue weighted by atomic mass is 32.2. The van der Waals surface area contributed by atoms with Gasteiger partial charge in [0.25, 0.3) is 10.9 Å². The van der Waals surface area contributed by atoms with Crippen LogP contribution in [0, 0.1) is 24.0 Å². The van der Waals surface area contributed by atoms with Crippen molar-refractivity contribution >= 4 is 29.0 Å². The molecule has 1 amide bonds. The number of aryl methyl sites for hydroxylation is 2. The first-order valence-corrected chi connectivity index (χ1v) is 8.85. The van der Waals surface area contributed by atoms with E-state index in [2.05, 4.69) is 20.5 Å². The van der Waals surface area contributed by atoms with Crippen molar-refractivity contribution in [3.05, 3.63) is 57.9 Å². The number of aromatic nitrogens is 3. The molecule has 0 unspecified atom stereocenters. The largest absolute Gasteiger partial charge is 0.411 e. The Labute approximate surface area is 158 Å². The molecular formula is C17H15N5O4S. The minimum absolute atomic E-state index is 0.0290. The van der Waals surface area contributed by atoms with Crippen LogP contribution in [0.5, 0.6) is 0 Å². The molecule has 0 aliphatic heterocycles. The van der Waals surface area contributed by atoms with Crippen molar-refractivity contribution in [3.63, 3.8) is 0 Å². The quantitative estimate of drug-likeness (QED) is 0.389. The summed E-state index contributed by atoms with van der Waals surface area (Å²) in [5.41, 5.74) is 2.32. The standard InChI is InChI=1S/C17H15N5O4S/c1-10-6-13(14(22(24)25)7-11(10)2)19-15(23)9-27-17-21-20-16(26-17)12-4-3-5-18-8-12/h3-8H,9H2,1-2H3,(H,19,23). The van der Waals surface area contributed by atoms with Crippen LogP contribution in [0.2, 0.25) is 0 Å². The van der Waals surface area contributed by atoms with Gasteiger partial charge in [-0.25, -0.2) is 0 Å². The van der Waals surface area contributed by atoms with E-state index >= 15 is 0 Å². The maximum absolute atomic E-state index is 12.2. The maximum atomic E-state index is 12.2. The molecule has 9 nitrogen and oxygen atoms in total. The first-order chi connectivity index (χ1) is 12.9. The maximum Gasteiger partial charge on any atom is 0.293 e. The van der Waals surface area contributed by atoms with E-state index in [1.165, 1.54) is 6.07 Å². The van der Waals surface area contributed by atoms with Crippen molar-refractivity contribution in [1.82, 2.24) is 15.2 Å². The lowest BCUT2D eigenvalue weighted by Crippen LogP contribution is -2.15. The minimum atomic E-state index is -0.520. The molecule has 0 fully saturated rings. The highest BCUT2D eigenvalue weighted by molar-refractivity contribution is 7.99. The SMILES string of the molecule is Cc1cc(NC(=O)CSc2nnc(-c3cccnc3)o2)c([N+](=O)[O-])cc1C. The molecule has 0 saturated carbocycles. The van der Waals surface area contributed by atoms with Crippen LogP contribution < -0.4 is 5.32 Å². The zero-order valence-electron chi connectivity index (χ0n) is 14.5. The molecule has 0 spiro atoms. The number of carbonyl (C=O) groups is 1. The molecule has 0 bridgehead atoms. The number of rotatable bonds is 6. The van der Waals surface area contributed by atoms with Crippen LogP contribution in [0.1, 0.15) is 11.1 Å². The number of nitrogens with one attached hydrogen (secondary N) is 1. The Bertz CT molecular complexity index is 990. The third kappa shape index (κ3) is 4.47. The number of hydrogen-bond acceptors (Lipinski definition) is 8. The van der Waals surface area contributed by atoms with E-state index in [0.29, 0.717) is 11.5 Å². The summed E-state index contributed by atoms with van der Waals surface area (Å²) in [6.45, 7) is 3.60. The first kappa shape index (κ1) is 18.5. The van der Waals surface area contributed by atoms with Gasteiger partial charge in [-0.05, 0) is 43.2 Å². The third-order valence-corrected chi connectivity index (χ3v) is 4.54. The van der Waals surface area contributed by atoms with Gasteiger partial charge in [-0.3, -0.25) is 19.9 Å². The van der Waals surface area contributed by atoms with Crippen LogP contribution in [-0.4, -0.2) is 31.8 Å². The average Bonchev–Trinajstić information content (AvgIpc) is 3.12. The van der Waals surface area contributed by atoms with Crippen molar-refractivity contribution in [3.8, 4) is 11.5 Å². The van der Waals surface area contributed by atoms with E-state index in [0.717, 1.165) is 22.9 Å². The van der Waals surface area contributed by atoms with Gasteiger partial charge in [0.2, 0.25) is 11.8 Å². The Balaban J connectivity index is 1.65. The second-order valence-electron chi connectivity index (χ2n) is 5.66. The number of carbonyl (C=O) groups excluding carboxylic acids is 1. The molecule has 27 heavy (non-hydrogen) atoms. The van der Waals surface area contributed by atoms with Crippen LogP contribution in [0.25, 0.3) is 11.5 Å². The number of nitrogens with zero attached hydrogens (tertiary/aromatic N) is 4. The monoisotopic (exact) mass is 385 g/mol. The van der Waals surface area contributed by atoms with Crippen molar-refractivity contribution < 1.29 is 14.1 Å². The van der Waals surface area contributed by atoms with Gasteiger partial charge >= 0.3 is 0 Å². The van der Waals surface area contributed by atoms with Crippen LogP contribution in [-0.2, 0) is 4.79 Å². The zero-order chi connectivity index (χ0) is 19.4. The topological polar surface area (TPSA) is 124 Å². The fourth-order valence-corrected chi connectivity index (χ4v) is 2.80. The summed E-state index contributed by atoms with van der Waals surface area (Å²) in [7, 11) is 0. The number of pyridine rings is 1. The predicted molar refractivity (Wildman–Crippen MR) is 99.5 cm³/mol. The molecule has 0 aliphatic rings. The molecule has 3 rings (SSSR count). The van der Waals surface area contributed by atoms with E-state index in [-0.39, 0.29) is 22.4 Å². The highest BCUT2D eigenvalue weighted by Gasteiger charge is 2.18. The fraction of sp³-hybridized carbons (Fsp3) is 0.176. The van der Waals surface area contributed by atoms with Gasteiger partial charge in [0.1, 0.15) is 5.69 Å². The van der Waals surface area contributed by atoms with Gasteiger partial charge in [-0.15, -0.1) is 10.2 Å². The molecule has 2 heterocycles. The van der Waals surface area contributed by atoms with Crippen molar-refractivity contribution in [2.75, 3.05) is 11.1 Å². The number of nitro groups is 1. The van der Waals surface area contributed by atoms with Crippen LogP contribution in [0.15, 0.2) is 46.3 Å². The summed E-state index contributed by atoms with van der Waals surface area (Å²) >= 11 is 1.04. The van der Waals surface area contributed by atoms with E-state index in [1.54, 1.807) is 37.5 Å². The first-order valence-electron chi connectivity index (χ1n) is 7.86. The van der Waals surface area contributed by atoms with Crippen molar-refractivity contribution in [2.45, 2.75) is 19.1 Å². The molecule has 1 N–H and O–H groups in total. The molecule has 138 valence electrons. The average molecular weight is 385 g/mol. The Morgan fingerprint density at radius 2 is 2.07 bits per heavy atom. The summed E-state index contributed by atoms with van der Waals surface area (Å²) < 4.78 is 5.48. The summed E-state index contributed by atoms with van der Waals surface area (Å²) in [5, 5.41) is 21.8. The molecule has 3 aromatic rings. The normalized spacial score (nSPS) is 10.6. The van der Waals surface area contributed by atoms with Gasteiger partial charge in [-0.2, -0.15) is 0 Å². The zero-order valence-corrected chi connectivity index (χ0v) is 15.3. The molecular weight excluding hydrogens is 370 g/mol. The highest BCUT2D eigenvalue weighted by Crippen LogP contribution is 2.28. The summed E-state index contributed by atoms with van der Waals surface area (Å²) in [5.74, 6) is -0.137. The second-order valence-corrected chi connectivity index (χ2v) is 6.59. The van der Waals surface area contributed by atoms with Crippen LogP contribution >= 0.6 is 11.8 Å². The molecule has 0 atom stereocenters. The summed E-state index contributed by atoms with van der Waals surface area (Å²) in [6, 6.07) is 6.55. The second kappa shape index (κ2) is 7.96. The molecule has 1 aromatic carbocycles. The van der Waals surface area contributed by atoms with E-state index in [4.69, 9.17) is 4.42 Å². The summed E-state index contributed by atoms with van der Waals surface area (Å²) in [6.07, 6.45) is 3.22. The number of hydrogen-bond donors (Lipinski definition) is 1.